The number of nitro benzene ring substituents is 1. The molecule has 0 bridgehead atoms. The van der Waals surface area contributed by atoms with Gasteiger partial charge in [0.25, 0.3) is 5.69 Å². The number of rotatable bonds is 4. The third kappa shape index (κ3) is 3.59. The minimum Gasteiger partial charge on any atom is -0.506 e. The van der Waals surface area contributed by atoms with Crippen LogP contribution in [0.25, 0.3) is 0 Å². The largest absolute Gasteiger partial charge is 0.506 e. The predicted octanol–water partition coefficient (Wildman–Crippen LogP) is 5.76. The van der Waals surface area contributed by atoms with Crippen molar-refractivity contribution in [2.24, 2.45) is 10.2 Å². The molecule has 0 saturated heterocycles. The van der Waals surface area contributed by atoms with Crippen LogP contribution in [0.4, 0.5) is 17.1 Å². The molecule has 0 aliphatic heterocycles. The molecule has 0 unspecified atom stereocenters. The molecular weight excluding hydrogens is 306 g/mol. The van der Waals surface area contributed by atoms with Gasteiger partial charge in [-0.05, 0) is 42.5 Å². The van der Waals surface area contributed by atoms with Crippen molar-refractivity contribution in [3.05, 3.63) is 58.1 Å². The van der Waals surface area contributed by atoms with Gasteiger partial charge in [-0.15, -0.1) is 10.2 Å². The second-order valence-corrected chi connectivity index (χ2v) is 6.03. The Morgan fingerprint density at radius 3 is 2.46 bits per heavy atom. The molecule has 0 aromatic heterocycles. The number of nitrogens with zero attached hydrogens (tertiary/aromatic N) is 3. The fourth-order valence-corrected chi connectivity index (χ4v) is 3.12. The molecule has 1 aliphatic carbocycles. The SMILES string of the molecule is O=[N+]([O-])c1ccccc1/N=N/c1cc(C2CCCCC2)ccc1O. The summed E-state index contributed by atoms with van der Waals surface area (Å²) in [7, 11) is 0. The molecule has 3 rings (SSSR count). The van der Waals surface area contributed by atoms with Crippen molar-refractivity contribution in [1.82, 2.24) is 0 Å². The van der Waals surface area contributed by atoms with Gasteiger partial charge >= 0.3 is 0 Å². The Morgan fingerprint density at radius 1 is 1.00 bits per heavy atom. The lowest BCUT2D eigenvalue weighted by atomic mass is 9.84. The summed E-state index contributed by atoms with van der Waals surface area (Å²) < 4.78 is 0. The number of azo groups is 1. The van der Waals surface area contributed by atoms with Gasteiger partial charge < -0.3 is 5.11 Å². The predicted molar refractivity (Wildman–Crippen MR) is 91.2 cm³/mol. The van der Waals surface area contributed by atoms with Crippen molar-refractivity contribution in [1.29, 1.82) is 0 Å². The lowest BCUT2D eigenvalue weighted by Crippen LogP contribution is -2.04. The van der Waals surface area contributed by atoms with Crippen molar-refractivity contribution in [3.63, 3.8) is 0 Å². The van der Waals surface area contributed by atoms with E-state index >= 15 is 0 Å². The Kier molecular flexibility index (Phi) is 4.84. The zero-order valence-electron chi connectivity index (χ0n) is 13.3. The summed E-state index contributed by atoms with van der Waals surface area (Å²) in [6, 6.07) is 11.5. The third-order valence-electron chi connectivity index (χ3n) is 4.42. The Morgan fingerprint density at radius 2 is 1.71 bits per heavy atom. The second kappa shape index (κ2) is 7.21. The number of benzene rings is 2. The van der Waals surface area contributed by atoms with E-state index in [0.717, 1.165) is 18.4 Å². The molecule has 0 heterocycles. The Balaban J connectivity index is 1.88. The molecule has 0 atom stereocenters. The van der Waals surface area contributed by atoms with E-state index < -0.39 is 4.92 Å². The van der Waals surface area contributed by atoms with Crippen molar-refractivity contribution in [2.45, 2.75) is 38.0 Å². The maximum atomic E-state index is 11.0. The average molecular weight is 325 g/mol. The molecule has 0 spiro atoms. The average Bonchev–Trinajstić information content (AvgIpc) is 2.62. The molecule has 6 heteroatoms. The molecule has 1 fully saturated rings. The highest BCUT2D eigenvalue weighted by atomic mass is 16.6. The fraction of sp³-hybridized carbons (Fsp3) is 0.333. The number of hydrogen-bond acceptors (Lipinski definition) is 5. The van der Waals surface area contributed by atoms with Crippen LogP contribution in [0.2, 0.25) is 0 Å². The van der Waals surface area contributed by atoms with Gasteiger partial charge in [-0.1, -0.05) is 37.5 Å². The summed E-state index contributed by atoms with van der Waals surface area (Å²) in [5.74, 6) is 0.510. The van der Waals surface area contributed by atoms with Crippen LogP contribution in [0.15, 0.2) is 52.7 Å². The third-order valence-corrected chi connectivity index (χ3v) is 4.42. The molecule has 0 amide bonds. The van der Waals surface area contributed by atoms with Gasteiger partial charge in [-0.25, -0.2) is 0 Å². The zero-order chi connectivity index (χ0) is 16.9. The van der Waals surface area contributed by atoms with E-state index in [-0.39, 0.29) is 17.1 Å². The molecule has 2 aromatic rings. The molecule has 1 saturated carbocycles. The highest BCUT2D eigenvalue weighted by Crippen LogP contribution is 2.38. The molecule has 24 heavy (non-hydrogen) atoms. The monoisotopic (exact) mass is 325 g/mol. The summed E-state index contributed by atoms with van der Waals surface area (Å²) in [6.07, 6.45) is 6.01. The maximum absolute atomic E-state index is 11.0. The highest BCUT2D eigenvalue weighted by Gasteiger charge is 2.17. The first-order valence-electron chi connectivity index (χ1n) is 8.13. The van der Waals surface area contributed by atoms with E-state index in [9.17, 15) is 15.2 Å². The van der Waals surface area contributed by atoms with Crippen molar-refractivity contribution in [3.8, 4) is 5.75 Å². The fourth-order valence-electron chi connectivity index (χ4n) is 3.12. The van der Waals surface area contributed by atoms with Gasteiger partial charge in [0.05, 0.1) is 4.92 Å². The Bertz CT molecular complexity index is 768. The van der Waals surface area contributed by atoms with Crippen LogP contribution in [-0.4, -0.2) is 10.0 Å². The number of nitro groups is 1. The molecule has 1 aliphatic rings. The Labute approximate surface area is 140 Å². The van der Waals surface area contributed by atoms with Gasteiger partial charge in [0.15, 0.2) is 5.69 Å². The normalized spacial score (nSPS) is 15.7. The van der Waals surface area contributed by atoms with Gasteiger partial charge in [0.1, 0.15) is 11.4 Å². The van der Waals surface area contributed by atoms with E-state index in [4.69, 9.17) is 0 Å². The smallest absolute Gasteiger partial charge is 0.296 e. The number of hydrogen-bond donors (Lipinski definition) is 1. The van der Waals surface area contributed by atoms with Gasteiger partial charge in [-0.3, -0.25) is 10.1 Å². The zero-order valence-corrected chi connectivity index (χ0v) is 13.3. The summed E-state index contributed by atoms with van der Waals surface area (Å²) in [5.41, 5.74) is 1.55. The molecule has 1 N–H and O–H groups in total. The van der Waals surface area contributed by atoms with E-state index in [2.05, 4.69) is 10.2 Å². The van der Waals surface area contributed by atoms with Crippen LogP contribution in [0.5, 0.6) is 5.75 Å². The van der Waals surface area contributed by atoms with E-state index in [1.807, 2.05) is 12.1 Å². The van der Waals surface area contributed by atoms with E-state index in [1.165, 1.54) is 31.4 Å². The van der Waals surface area contributed by atoms with E-state index in [1.54, 1.807) is 18.2 Å². The first-order valence-corrected chi connectivity index (χ1v) is 8.13. The Hall–Kier alpha value is -2.76. The van der Waals surface area contributed by atoms with Crippen LogP contribution < -0.4 is 0 Å². The number of phenols is 1. The summed E-state index contributed by atoms with van der Waals surface area (Å²) in [4.78, 5) is 10.5. The summed E-state index contributed by atoms with van der Waals surface area (Å²) in [6.45, 7) is 0. The number of aromatic hydroxyl groups is 1. The summed E-state index contributed by atoms with van der Waals surface area (Å²) in [5, 5.41) is 29.0. The van der Waals surface area contributed by atoms with Crippen LogP contribution >= 0.6 is 0 Å². The van der Waals surface area contributed by atoms with Crippen molar-refractivity contribution < 1.29 is 10.0 Å². The summed E-state index contributed by atoms with van der Waals surface area (Å²) >= 11 is 0. The topological polar surface area (TPSA) is 88.1 Å². The molecule has 6 nitrogen and oxygen atoms in total. The highest BCUT2D eigenvalue weighted by molar-refractivity contribution is 5.58. The quantitative estimate of drug-likeness (QED) is 0.440. The van der Waals surface area contributed by atoms with Gasteiger partial charge in [-0.2, -0.15) is 0 Å². The maximum Gasteiger partial charge on any atom is 0.296 e. The molecule has 0 radical (unpaired) electrons. The van der Waals surface area contributed by atoms with Gasteiger partial charge in [0, 0.05) is 6.07 Å². The number of para-hydroxylation sites is 1. The minimum atomic E-state index is -0.493. The molecule has 2 aromatic carbocycles. The minimum absolute atomic E-state index is 0.0249. The number of phenolic OH excluding ortho intramolecular Hbond substituents is 1. The van der Waals surface area contributed by atoms with Crippen LogP contribution in [0.1, 0.15) is 43.6 Å². The lowest BCUT2D eigenvalue weighted by Gasteiger charge is -2.22. The second-order valence-electron chi connectivity index (χ2n) is 6.03. The first-order chi connectivity index (χ1) is 11.6. The van der Waals surface area contributed by atoms with Crippen LogP contribution in [0, 0.1) is 10.1 Å². The first kappa shape index (κ1) is 16.1. The van der Waals surface area contributed by atoms with Crippen molar-refractivity contribution >= 4 is 17.1 Å². The van der Waals surface area contributed by atoms with Crippen LogP contribution in [-0.2, 0) is 0 Å². The van der Waals surface area contributed by atoms with Gasteiger partial charge in [0.2, 0.25) is 0 Å². The molecule has 124 valence electrons. The lowest BCUT2D eigenvalue weighted by molar-refractivity contribution is -0.384. The van der Waals surface area contributed by atoms with Crippen LogP contribution in [0.3, 0.4) is 0 Å². The van der Waals surface area contributed by atoms with E-state index in [0.29, 0.717) is 11.6 Å². The van der Waals surface area contributed by atoms with Crippen molar-refractivity contribution in [2.75, 3.05) is 0 Å². The molecular formula is C18H19N3O3. The standard InChI is InChI=1S/C18H19N3O3/c22-18-11-10-14(13-6-2-1-3-7-13)12-16(18)20-19-15-8-4-5-9-17(15)21(23)24/h4-5,8-13,22H,1-3,6-7H2/b20-19+.